The third-order valence-electron chi connectivity index (χ3n) is 5.31. The quantitative estimate of drug-likeness (QED) is 0.490. The number of nitrogens with zero attached hydrogens (tertiary/aromatic N) is 2. The SMILES string of the molecule is CCCN(CC(=O)N1CCc2sccc2C1c1ccc(Cl)cc1)C(=O)c1cccs1. The van der Waals surface area contributed by atoms with Crippen LogP contribution in [0.15, 0.2) is 53.2 Å². The zero-order valence-electron chi connectivity index (χ0n) is 16.7. The summed E-state index contributed by atoms with van der Waals surface area (Å²) < 4.78 is 0. The number of hydrogen-bond acceptors (Lipinski definition) is 4. The van der Waals surface area contributed by atoms with Crippen molar-refractivity contribution >= 4 is 46.1 Å². The van der Waals surface area contributed by atoms with Crippen molar-refractivity contribution in [2.45, 2.75) is 25.8 Å². The fourth-order valence-corrected chi connectivity index (χ4v) is 5.64. The average molecular weight is 459 g/mol. The average Bonchev–Trinajstić information content (AvgIpc) is 3.44. The summed E-state index contributed by atoms with van der Waals surface area (Å²) in [6.45, 7) is 3.32. The molecule has 3 aromatic rings. The van der Waals surface area contributed by atoms with E-state index >= 15 is 0 Å². The van der Waals surface area contributed by atoms with Crippen LogP contribution in [0.3, 0.4) is 0 Å². The van der Waals surface area contributed by atoms with Crippen LogP contribution in [0.2, 0.25) is 5.02 Å². The number of fused-ring (bicyclic) bond motifs is 1. The lowest BCUT2D eigenvalue weighted by Gasteiger charge is -2.37. The van der Waals surface area contributed by atoms with Gasteiger partial charge in [0.05, 0.1) is 10.9 Å². The summed E-state index contributed by atoms with van der Waals surface area (Å²) in [5.74, 6) is -0.0957. The van der Waals surface area contributed by atoms with Gasteiger partial charge in [-0.1, -0.05) is 36.7 Å². The summed E-state index contributed by atoms with van der Waals surface area (Å²) in [6, 6.07) is 13.3. The summed E-state index contributed by atoms with van der Waals surface area (Å²) >= 11 is 9.24. The number of hydrogen-bond donors (Lipinski definition) is 0. The molecule has 1 aliphatic heterocycles. The molecule has 0 bridgehead atoms. The van der Waals surface area contributed by atoms with E-state index in [2.05, 4.69) is 11.4 Å². The van der Waals surface area contributed by atoms with Crippen molar-refractivity contribution in [2.24, 2.45) is 0 Å². The molecule has 4 nitrogen and oxygen atoms in total. The Labute approximate surface area is 189 Å². The molecular weight excluding hydrogens is 436 g/mol. The van der Waals surface area contributed by atoms with Crippen molar-refractivity contribution in [3.8, 4) is 0 Å². The predicted molar refractivity (Wildman–Crippen MR) is 124 cm³/mol. The minimum Gasteiger partial charge on any atom is -0.330 e. The van der Waals surface area contributed by atoms with Gasteiger partial charge in [-0.3, -0.25) is 9.59 Å². The van der Waals surface area contributed by atoms with Crippen LogP contribution in [0.5, 0.6) is 0 Å². The molecule has 0 N–H and O–H groups in total. The molecule has 4 rings (SSSR count). The van der Waals surface area contributed by atoms with Gasteiger partial charge in [0.25, 0.3) is 5.91 Å². The topological polar surface area (TPSA) is 40.6 Å². The summed E-state index contributed by atoms with van der Waals surface area (Å²) in [5.41, 5.74) is 2.22. The Kier molecular flexibility index (Phi) is 6.56. The summed E-state index contributed by atoms with van der Waals surface area (Å²) in [7, 11) is 0. The highest BCUT2D eigenvalue weighted by atomic mass is 35.5. The van der Waals surface area contributed by atoms with Gasteiger partial charge in [0.1, 0.15) is 6.54 Å². The highest BCUT2D eigenvalue weighted by Crippen LogP contribution is 2.38. The first-order valence-electron chi connectivity index (χ1n) is 10.0. The first kappa shape index (κ1) is 21.1. The van der Waals surface area contributed by atoms with E-state index in [4.69, 9.17) is 11.6 Å². The molecule has 3 heterocycles. The van der Waals surface area contributed by atoms with Crippen LogP contribution in [-0.4, -0.2) is 41.2 Å². The highest BCUT2D eigenvalue weighted by Gasteiger charge is 2.34. The maximum Gasteiger partial charge on any atom is 0.264 e. The Balaban J connectivity index is 1.61. The molecular formula is C23H23ClN2O2S2. The Hall–Kier alpha value is -2.15. The Morgan fingerprint density at radius 3 is 2.63 bits per heavy atom. The lowest BCUT2D eigenvalue weighted by molar-refractivity contribution is -0.134. The summed E-state index contributed by atoms with van der Waals surface area (Å²) in [6.07, 6.45) is 1.65. The van der Waals surface area contributed by atoms with Gasteiger partial charge in [0.2, 0.25) is 5.91 Å². The number of benzene rings is 1. The van der Waals surface area contributed by atoms with E-state index in [-0.39, 0.29) is 24.4 Å². The molecule has 1 unspecified atom stereocenters. The maximum absolute atomic E-state index is 13.5. The van der Waals surface area contributed by atoms with Crippen LogP contribution in [0.1, 0.15) is 45.1 Å². The van der Waals surface area contributed by atoms with Gasteiger partial charge < -0.3 is 9.80 Å². The van der Waals surface area contributed by atoms with E-state index in [0.29, 0.717) is 23.0 Å². The van der Waals surface area contributed by atoms with Gasteiger partial charge in [-0.05, 0) is 59.0 Å². The zero-order valence-corrected chi connectivity index (χ0v) is 19.1. The first-order chi connectivity index (χ1) is 14.6. The molecule has 0 spiro atoms. The highest BCUT2D eigenvalue weighted by molar-refractivity contribution is 7.12. The van der Waals surface area contributed by atoms with Crippen LogP contribution in [0, 0.1) is 0 Å². The number of halogens is 1. The van der Waals surface area contributed by atoms with Crippen LogP contribution < -0.4 is 0 Å². The van der Waals surface area contributed by atoms with Crippen molar-refractivity contribution in [1.82, 2.24) is 9.80 Å². The van der Waals surface area contributed by atoms with E-state index in [1.807, 2.05) is 53.6 Å². The fourth-order valence-electron chi connectivity index (χ4n) is 3.92. The molecule has 1 aromatic carbocycles. The van der Waals surface area contributed by atoms with Gasteiger partial charge in [0, 0.05) is 23.0 Å². The maximum atomic E-state index is 13.5. The normalized spacial score (nSPS) is 15.7. The smallest absolute Gasteiger partial charge is 0.264 e. The molecule has 1 aliphatic rings. The lowest BCUT2D eigenvalue weighted by atomic mass is 9.93. The minimum absolute atomic E-state index is 0.0230. The molecule has 0 aliphatic carbocycles. The second kappa shape index (κ2) is 9.33. The van der Waals surface area contributed by atoms with E-state index < -0.39 is 0 Å². The molecule has 0 saturated carbocycles. The van der Waals surface area contributed by atoms with Crippen molar-refractivity contribution < 1.29 is 9.59 Å². The van der Waals surface area contributed by atoms with E-state index in [1.165, 1.54) is 21.8 Å². The summed E-state index contributed by atoms with van der Waals surface area (Å²) in [4.78, 5) is 32.0. The second-order valence-electron chi connectivity index (χ2n) is 7.29. The van der Waals surface area contributed by atoms with E-state index in [0.717, 1.165) is 18.4 Å². The van der Waals surface area contributed by atoms with Crippen molar-refractivity contribution in [1.29, 1.82) is 0 Å². The fraction of sp³-hybridized carbons (Fsp3) is 0.304. The molecule has 0 fully saturated rings. The van der Waals surface area contributed by atoms with Crippen molar-refractivity contribution in [3.63, 3.8) is 0 Å². The molecule has 1 atom stereocenters. The molecule has 2 amide bonds. The minimum atomic E-state index is -0.148. The van der Waals surface area contributed by atoms with Crippen LogP contribution >= 0.6 is 34.3 Å². The van der Waals surface area contributed by atoms with Gasteiger partial charge in [-0.15, -0.1) is 22.7 Å². The van der Waals surface area contributed by atoms with Crippen LogP contribution in [-0.2, 0) is 11.2 Å². The van der Waals surface area contributed by atoms with Crippen LogP contribution in [0.25, 0.3) is 0 Å². The van der Waals surface area contributed by atoms with Crippen LogP contribution in [0.4, 0.5) is 0 Å². The van der Waals surface area contributed by atoms with Gasteiger partial charge in [-0.2, -0.15) is 0 Å². The van der Waals surface area contributed by atoms with Gasteiger partial charge in [0.15, 0.2) is 0 Å². The van der Waals surface area contributed by atoms with Crippen molar-refractivity contribution in [2.75, 3.05) is 19.6 Å². The summed E-state index contributed by atoms with van der Waals surface area (Å²) in [5, 5.41) is 4.65. The third-order valence-corrected chi connectivity index (χ3v) is 7.42. The van der Waals surface area contributed by atoms with Crippen molar-refractivity contribution in [3.05, 3.63) is 79.1 Å². The Bertz CT molecular complexity index is 1010. The first-order valence-corrected chi connectivity index (χ1v) is 12.2. The largest absolute Gasteiger partial charge is 0.330 e. The number of rotatable bonds is 6. The molecule has 30 heavy (non-hydrogen) atoms. The number of carbonyl (C=O) groups is 2. The Morgan fingerprint density at radius 1 is 1.13 bits per heavy atom. The second-order valence-corrected chi connectivity index (χ2v) is 9.68. The lowest BCUT2D eigenvalue weighted by Crippen LogP contribution is -2.46. The molecule has 156 valence electrons. The molecule has 2 aromatic heterocycles. The molecule has 7 heteroatoms. The number of carbonyl (C=O) groups excluding carboxylic acids is 2. The number of amides is 2. The monoisotopic (exact) mass is 458 g/mol. The molecule has 0 saturated heterocycles. The zero-order chi connectivity index (χ0) is 21.1. The Morgan fingerprint density at radius 2 is 1.93 bits per heavy atom. The van der Waals surface area contributed by atoms with E-state index in [1.54, 1.807) is 16.2 Å². The molecule has 0 radical (unpaired) electrons. The third kappa shape index (κ3) is 4.31. The number of thiophene rings is 2. The van der Waals surface area contributed by atoms with Gasteiger partial charge >= 0.3 is 0 Å². The standard InChI is InChI=1S/C23H23ClN2O2S2/c1-2-11-25(23(28)20-4-3-13-29-20)15-21(27)26-12-9-19-18(10-14-30-19)22(26)16-5-7-17(24)8-6-16/h3-8,10,13-14,22H,2,9,11-12,15H2,1H3. The van der Waals surface area contributed by atoms with Gasteiger partial charge in [-0.25, -0.2) is 0 Å². The predicted octanol–water partition coefficient (Wildman–Crippen LogP) is 5.49. The van der Waals surface area contributed by atoms with E-state index in [9.17, 15) is 9.59 Å².